The second kappa shape index (κ2) is 12.4. The molecular formula is C32H41N3O4. The predicted molar refractivity (Wildman–Crippen MR) is 154 cm³/mol. The Balaban J connectivity index is 2.10. The van der Waals surface area contributed by atoms with Gasteiger partial charge in [-0.25, -0.2) is 4.79 Å². The first kappa shape index (κ1) is 29.8. The number of aryl methyl sites for hydroxylation is 2. The first-order chi connectivity index (χ1) is 18.3. The van der Waals surface area contributed by atoms with Crippen LogP contribution in [0, 0.1) is 32.1 Å². The minimum absolute atomic E-state index is 0.168. The van der Waals surface area contributed by atoms with E-state index in [0.717, 1.165) is 30.4 Å². The summed E-state index contributed by atoms with van der Waals surface area (Å²) in [7, 11) is 0. The number of nitrogens with one attached hydrogen (secondary N) is 2. The fourth-order valence-electron chi connectivity index (χ4n) is 4.78. The molecule has 0 aliphatic heterocycles. The Morgan fingerprint density at radius 2 is 1.64 bits per heavy atom. The molecule has 3 amide bonds. The minimum atomic E-state index is -0.990. The van der Waals surface area contributed by atoms with Gasteiger partial charge in [0.2, 0.25) is 5.91 Å². The van der Waals surface area contributed by atoms with Gasteiger partial charge in [0, 0.05) is 17.3 Å². The molecule has 1 aliphatic rings. The predicted octanol–water partition coefficient (Wildman–Crippen LogP) is 5.89. The summed E-state index contributed by atoms with van der Waals surface area (Å²) in [5.74, 6) is 1.75. The van der Waals surface area contributed by atoms with Crippen molar-refractivity contribution in [2.24, 2.45) is 5.92 Å². The van der Waals surface area contributed by atoms with Crippen LogP contribution in [0.1, 0.15) is 82.2 Å². The van der Waals surface area contributed by atoms with Gasteiger partial charge in [-0.2, -0.15) is 0 Å². The van der Waals surface area contributed by atoms with Crippen molar-refractivity contribution in [3.05, 3.63) is 64.7 Å². The molecule has 2 aromatic rings. The average Bonchev–Trinajstić information content (AvgIpc) is 2.82. The van der Waals surface area contributed by atoms with Crippen molar-refractivity contribution >= 4 is 23.6 Å². The molecule has 7 heteroatoms. The summed E-state index contributed by atoms with van der Waals surface area (Å²) >= 11 is 0. The number of anilines is 1. The van der Waals surface area contributed by atoms with Crippen molar-refractivity contribution in [2.75, 3.05) is 5.32 Å². The van der Waals surface area contributed by atoms with Crippen molar-refractivity contribution in [3.8, 4) is 12.3 Å². The third-order valence-electron chi connectivity index (χ3n) is 6.99. The molecule has 1 fully saturated rings. The van der Waals surface area contributed by atoms with Crippen LogP contribution in [-0.4, -0.2) is 40.5 Å². The van der Waals surface area contributed by atoms with E-state index in [9.17, 15) is 14.4 Å². The van der Waals surface area contributed by atoms with Gasteiger partial charge in [0.25, 0.3) is 5.91 Å². The monoisotopic (exact) mass is 531 g/mol. The van der Waals surface area contributed by atoms with E-state index in [4.69, 9.17) is 11.2 Å². The maximum atomic E-state index is 14.3. The Labute approximate surface area is 232 Å². The molecule has 0 heterocycles. The number of hydrogen-bond donors (Lipinski definition) is 2. The number of carbonyl (C=O) groups is 3. The lowest BCUT2D eigenvalue weighted by Gasteiger charge is -2.44. The summed E-state index contributed by atoms with van der Waals surface area (Å²) in [6, 6.07) is 11.0. The number of benzene rings is 2. The van der Waals surface area contributed by atoms with Crippen LogP contribution in [0.3, 0.4) is 0 Å². The molecule has 1 aliphatic carbocycles. The number of hydrogen-bond acceptors (Lipinski definition) is 4. The van der Waals surface area contributed by atoms with Crippen molar-refractivity contribution < 1.29 is 19.1 Å². The van der Waals surface area contributed by atoms with Crippen molar-refractivity contribution in [3.63, 3.8) is 0 Å². The number of para-hydroxylation sites is 1. The number of carbonyl (C=O) groups excluding carboxylic acids is 3. The fraction of sp³-hybridized carbons (Fsp3) is 0.469. The zero-order chi connectivity index (χ0) is 28.9. The highest BCUT2D eigenvalue weighted by Crippen LogP contribution is 2.36. The van der Waals surface area contributed by atoms with Crippen LogP contribution in [0.4, 0.5) is 10.5 Å². The Kier molecular flexibility index (Phi) is 9.45. The van der Waals surface area contributed by atoms with Crippen LogP contribution >= 0.6 is 0 Å². The molecule has 3 rings (SSSR count). The molecule has 2 N–H and O–H groups in total. The molecule has 0 radical (unpaired) electrons. The summed E-state index contributed by atoms with van der Waals surface area (Å²) < 4.78 is 5.46. The molecular weight excluding hydrogens is 490 g/mol. The largest absolute Gasteiger partial charge is 0.444 e. The maximum Gasteiger partial charge on any atom is 0.408 e. The highest BCUT2D eigenvalue weighted by atomic mass is 16.6. The van der Waals surface area contributed by atoms with E-state index in [-0.39, 0.29) is 23.8 Å². The molecule has 2 aromatic carbocycles. The van der Waals surface area contributed by atoms with E-state index in [1.54, 1.807) is 37.8 Å². The molecule has 39 heavy (non-hydrogen) atoms. The van der Waals surface area contributed by atoms with Gasteiger partial charge in [-0.05, 0) is 82.6 Å². The fourth-order valence-corrected chi connectivity index (χ4v) is 4.78. The SMILES string of the molecule is C#Cc1ccccc1C(C(=O)Nc1c(C)cccc1C)N(C(=O)C(NC(=O)OC(C)(C)C)C(C)C)C1CCC1. The Hall–Kier alpha value is -3.79. The van der Waals surface area contributed by atoms with Crippen LogP contribution < -0.4 is 10.6 Å². The molecule has 0 aromatic heterocycles. The molecule has 208 valence electrons. The maximum absolute atomic E-state index is 14.3. The highest BCUT2D eigenvalue weighted by molar-refractivity contribution is 6.00. The number of amides is 3. The standard InChI is InChI=1S/C32H41N3O4/c1-9-23-16-10-11-19-25(23)28(29(36)33-27-21(4)14-12-15-22(27)5)35(24-17-13-18-24)30(37)26(20(2)3)34-31(38)39-32(6,7)8/h1,10-12,14-16,19-20,24,26,28H,13,17-18H2,2-8H3,(H,33,36)(H,34,38). The van der Waals surface area contributed by atoms with Crippen molar-refractivity contribution in [2.45, 2.75) is 91.5 Å². The van der Waals surface area contributed by atoms with E-state index >= 15 is 0 Å². The molecule has 0 bridgehead atoms. The molecule has 0 spiro atoms. The molecule has 1 saturated carbocycles. The van der Waals surface area contributed by atoms with Crippen LogP contribution in [0.5, 0.6) is 0 Å². The summed E-state index contributed by atoms with van der Waals surface area (Å²) in [5, 5.41) is 5.87. The van der Waals surface area contributed by atoms with E-state index in [0.29, 0.717) is 16.8 Å². The summed E-state index contributed by atoms with van der Waals surface area (Å²) in [5.41, 5.74) is 2.93. The normalized spacial score (nSPS) is 14.9. The van der Waals surface area contributed by atoms with E-state index in [1.165, 1.54) is 0 Å². The molecule has 7 nitrogen and oxygen atoms in total. The third kappa shape index (κ3) is 7.20. The summed E-state index contributed by atoms with van der Waals surface area (Å²) in [4.78, 5) is 42.9. The van der Waals surface area contributed by atoms with Gasteiger partial charge in [0.1, 0.15) is 17.7 Å². The average molecular weight is 532 g/mol. The lowest BCUT2D eigenvalue weighted by atomic mass is 9.86. The molecule has 2 atom stereocenters. The van der Waals surface area contributed by atoms with Crippen LogP contribution in [-0.2, 0) is 14.3 Å². The third-order valence-corrected chi connectivity index (χ3v) is 6.99. The van der Waals surface area contributed by atoms with Crippen LogP contribution in [0.2, 0.25) is 0 Å². The first-order valence-electron chi connectivity index (χ1n) is 13.6. The first-order valence-corrected chi connectivity index (χ1v) is 13.6. The topological polar surface area (TPSA) is 87.7 Å². The smallest absolute Gasteiger partial charge is 0.408 e. The van der Waals surface area contributed by atoms with E-state index < -0.39 is 23.8 Å². The number of alkyl carbamates (subject to hydrolysis) is 1. The van der Waals surface area contributed by atoms with Gasteiger partial charge >= 0.3 is 6.09 Å². The van der Waals surface area contributed by atoms with Gasteiger partial charge in [-0.3, -0.25) is 9.59 Å². The quantitative estimate of drug-likeness (QED) is 0.416. The number of nitrogens with zero attached hydrogens (tertiary/aromatic N) is 1. The second-order valence-corrected chi connectivity index (χ2v) is 11.6. The van der Waals surface area contributed by atoms with Gasteiger partial charge in [-0.15, -0.1) is 6.42 Å². The summed E-state index contributed by atoms with van der Waals surface area (Å²) in [6.45, 7) is 12.9. The van der Waals surface area contributed by atoms with E-state index in [1.807, 2.05) is 58.0 Å². The Morgan fingerprint density at radius 1 is 1.03 bits per heavy atom. The van der Waals surface area contributed by atoms with Gasteiger partial charge in [-0.1, -0.05) is 56.2 Å². The number of rotatable bonds is 8. The highest BCUT2D eigenvalue weighted by Gasteiger charge is 2.43. The second-order valence-electron chi connectivity index (χ2n) is 11.6. The minimum Gasteiger partial charge on any atom is -0.444 e. The Bertz CT molecular complexity index is 1230. The van der Waals surface area contributed by atoms with Crippen LogP contribution in [0.25, 0.3) is 0 Å². The number of ether oxygens (including phenoxy) is 1. The van der Waals surface area contributed by atoms with Gasteiger partial charge < -0.3 is 20.3 Å². The lowest BCUT2D eigenvalue weighted by molar-refractivity contribution is -0.146. The zero-order valence-electron chi connectivity index (χ0n) is 24.1. The van der Waals surface area contributed by atoms with Gasteiger partial charge in [0.05, 0.1) is 0 Å². The van der Waals surface area contributed by atoms with Crippen molar-refractivity contribution in [1.29, 1.82) is 0 Å². The van der Waals surface area contributed by atoms with E-state index in [2.05, 4.69) is 16.6 Å². The Morgan fingerprint density at radius 3 is 2.15 bits per heavy atom. The lowest BCUT2D eigenvalue weighted by Crippen LogP contribution is -2.58. The van der Waals surface area contributed by atoms with Crippen molar-refractivity contribution in [1.82, 2.24) is 10.2 Å². The molecule has 0 saturated heterocycles. The number of terminal acetylenes is 1. The summed E-state index contributed by atoms with van der Waals surface area (Å²) in [6.07, 6.45) is 7.65. The van der Waals surface area contributed by atoms with Crippen LogP contribution in [0.15, 0.2) is 42.5 Å². The molecule has 2 unspecified atom stereocenters. The van der Waals surface area contributed by atoms with Gasteiger partial charge in [0.15, 0.2) is 0 Å². The zero-order valence-corrected chi connectivity index (χ0v) is 24.1.